The van der Waals surface area contributed by atoms with E-state index in [9.17, 15) is 0 Å². The molecule has 0 radical (unpaired) electrons. The van der Waals surface area contributed by atoms with Crippen molar-refractivity contribution in [2.75, 3.05) is 0 Å². The molecule has 1 aromatic carbocycles. The maximum Gasteiger partial charge on any atom is 0.105 e. The Morgan fingerprint density at radius 2 is 1.95 bits per heavy atom. The van der Waals surface area contributed by atoms with Crippen molar-refractivity contribution in [3.8, 4) is 10.6 Å². The van der Waals surface area contributed by atoms with Crippen molar-refractivity contribution in [1.29, 1.82) is 0 Å². The third-order valence-electron chi connectivity index (χ3n) is 3.73. The smallest absolute Gasteiger partial charge is 0.105 e. The quantitative estimate of drug-likeness (QED) is 0.782. The van der Waals surface area contributed by atoms with Crippen LogP contribution in [0.4, 0.5) is 0 Å². The number of rotatable bonds is 5. The number of aromatic nitrogens is 3. The van der Waals surface area contributed by atoms with Crippen LogP contribution in [0.1, 0.15) is 36.6 Å². The Labute approximate surface area is 134 Å². The van der Waals surface area contributed by atoms with Crippen molar-refractivity contribution in [3.63, 3.8) is 0 Å². The van der Waals surface area contributed by atoms with Gasteiger partial charge in [0.15, 0.2) is 0 Å². The van der Waals surface area contributed by atoms with Gasteiger partial charge >= 0.3 is 0 Å². The molecule has 2 aromatic heterocycles. The molecule has 4 nitrogen and oxygen atoms in total. The Hall–Kier alpha value is -1.98. The van der Waals surface area contributed by atoms with Gasteiger partial charge in [0.05, 0.1) is 11.4 Å². The molecule has 0 saturated heterocycles. The Morgan fingerprint density at radius 1 is 1.18 bits per heavy atom. The van der Waals surface area contributed by atoms with Gasteiger partial charge in [-0.2, -0.15) is 0 Å². The van der Waals surface area contributed by atoms with E-state index in [1.807, 2.05) is 10.7 Å². The van der Waals surface area contributed by atoms with Gasteiger partial charge < -0.3 is 5.73 Å². The highest BCUT2D eigenvalue weighted by Gasteiger charge is 2.15. The lowest BCUT2D eigenvalue weighted by molar-refractivity contribution is 0.655. The summed E-state index contributed by atoms with van der Waals surface area (Å²) in [6.07, 6.45) is 0. The summed E-state index contributed by atoms with van der Waals surface area (Å²) in [5.74, 6) is 0.547. The Balaban J connectivity index is 1.91. The Morgan fingerprint density at radius 3 is 2.55 bits per heavy atom. The molecule has 0 spiro atoms. The summed E-state index contributed by atoms with van der Waals surface area (Å²) >= 11 is 1.68. The Bertz CT molecular complexity index is 727. The van der Waals surface area contributed by atoms with Crippen LogP contribution in [0.15, 0.2) is 41.8 Å². The maximum absolute atomic E-state index is 5.81. The van der Waals surface area contributed by atoms with E-state index in [1.54, 1.807) is 11.3 Å². The largest absolute Gasteiger partial charge is 0.325 e. The van der Waals surface area contributed by atoms with Crippen molar-refractivity contribution in [2.45, 2.75) is 32.9 Å². The number of hydrogen-bond donors (Lipinski definition) is 1. The molecule has 0 aliphatic heterocycles. The average Bonchev–Trinajstić information content (AvgIpc) is 3.16. The molecule has 0 bridgehead atoms. The molecule has 114 valence electrons. The molecular formula is C17H20N4S. The third kappa shape index (κ3) is 2.96. The van der Waals surface area contributed by atoms with E-state index in [4.69, 9.17) is 5.73 Å². The van der Waals surface area contributed by atoms with Crippen LogP contribution in [0.25, 0.3) is 10.6 Å². The van der Waals surface area contributed by atoms with Crippen molar-refractivity contribution in [1.82, 2.24) is 15.0 Å². The van der Waals surface area contributed by atoms with Crippen molar-refractivity contribution in [3.05, 3.63) is 58.6 Å². The molecule has 0 amide bonds. The zero-order chi connectivity index (χ0) is 15.5. The van der Waals surface area contributed by atoms with E-state index in [0.29, 0.717) is 19.0 Å². The lowest BCUT2D eigenvalue weighted by Gasteiger charge is -2.09. The van der Waals surface area contributed by atoms with Gasteiger partial charge in [-0.1, -0.05) is 49.4 Å². The molecule has 0 unspecified atom stereocenters. The maximum atomic E-state index is 5.81. The summed E-state index contributed by atoms with van der Waals surface area (Å²) in [6.45, 7) is 5.52. The Kier molecular flexibility index (Phi) is 4.36. The first-order chi connectivity index (χ1) is 10.7. The van der Waals surface area contributed by atoms with Gasteiger partial charge in [0.1, 0.15) is 11.4 Å². The second-order valence-electron chi connectivity index (χ2n) is 5.62. The van der Waals surface area contributed by atoms with Crippen molar-refractivity contribution < 1.29 is 0 Å². The van der Waals surface area contributed by atoms with Gasteiger partial charge in [0, 0.05) is 6.54 Å². The molecule has 0 saturated carbocycles. The third-order valence-corrected chi connectivity index (χ3v) is 4.61. The first-order valence-electron chi connectivity index (χ1n) is 7.44. The van der Waals surface area contributed by atoms with Crippen molar-refractivity contribution in [2.24, 2.45) is 5.73 Å². The molecule has 22 heavy (non-hydrogen) atoms. The molecule has 5 heteroatoms. The van der Waals surface area contributed by atoms with Crippen LogP contribution in [0.2, 0.25) is 0 Å². The highest BCUT2D eigenvalue weighted by Crippen LogP contribution is 2.27. The first-order valence-corrected chi connectivity index (χ1v) is 8.32. The van der Waals surface area contributed by atoms with Gasteiger partial charge in [-0.3, -0.25) is 0 Å². The predicted molar refractivity (Wildman–Crippen MR) is 90.9 cm³/mol. The van der Waals surface area contributed by atoms with E-state index in [-0.39, 0.29) is 0 Å². The second kappa shape index (κ2) is 6.42. The average molecular weight is 312 g/mol. The molecular weight excluding hydrogens is 292 g/mol. The molecule has 0 aliphatic rings. The summed E-state index contributed by atoms with van der Waals surface area (Å²) in [6, 6.07) is 12.8. The number of benzene rings is 1. The van der Waals surface area contributed by atoms with E-state index in [2.05, 4.69) is 59.9 Å². The standard InChI is InChI=1S/C17H20N4S/c1-12(2)14-7-5-13(6-8-14)11-21-17(15(10-18)19-20-21)16-4-3-9-22-16/h3-9,12H,10-11,18H2,1-2H3. The van der Waals surface area contributed by atoms with Crippen LogP contribution in [-0.4, -0.2) is 15.0 Å². The fourth-order valence-electron chi connectivity index (χ4n) is 2.46. The van der Waals surface area contributed by atoms with Gasteiger partial charge in [-0.15, -0.1) is 16.4 Å². The first kappa shape index (κ1) is 14.9. The summed E-state index contributed by atoms with van der Waals surface area (Å²) in [5.41, 5.74) is 10.3. The van der Waals surface area contributed by atoms with Crippen LogP contribution in [0, 0.1) is 0 Å². The normalized spacial score (nSPS) is 11.3. The van der Waals surface area contributed by atoms with Gasteiger partial charge in [0.2, 0.25) is 0 Å². The summed E-state index contributed by atoms with van der Waals surface area (Å²) in [5, 5.41) is 10.6. The topological polar surface area (TPSA) is 56.7 Å². The number of nitrogens with two attached hydrogens (primary N) is 1. The van der Waals surface area contributed by atoms with Crippen LogP contribution in [0.5, 0.6) is 0 Å². The van der Waals surface area contributed by atoms with E-state index >= 15 is 0 Å². The van der Waals surface area contributed by atoms with E-state index < -0.39 is 0 Å². The fraction of sp³-hybridized carbons (Fsp3) is 0.294. The zero-order valence-electron chi connectivity index (χ0n) is 12.9. The van der Waals surface area contributed by atoms with Crippen LogP contribution in [-0.2, 0) is 13.1 Å². The predicted octanol–water partition coefficient (Wildman–Crippen LogP) is 3.64. The highest BCUT2D eigenvalue weighted by molar-refractivity contribution is 7.13. The summed E-state index contributed by atoms with van der Waals surface area (Å²) < 4.78 is 1.94. The van der Waals surface area contributed by atoms with Crippen LogP contribution < -0.4 is 5.73 Å². The van der Waals surface area contributed by atoms with E-state index in [0.717, 1.165) is 16.3 Å². The van der Waals surface area contributed by atoms with Gasteiger partial charge in [-0.25, -0.2) is 4.68 Å². The molecule has 0 aliphatic carbocycles. The monoisotopic (exact) mass is 312 g/mol. The SMILES string of the molecule is CC(C)c1ccc(Cn2nnc(CN)c2-c2cccs2)cc1. The van der Waals surface area contributed by atoms with Gasteiger partial charge in [-0.05, 0) is 28.5 Å². The molecule has 3 rings (SSSR count). The molecule has 2 heterocycles. The minimum absolute atomic E-state index is 0.402. The molecule has 0 fully saturated rings. The second-order valence-corrected chi connectivity index (χ2v) is 6.57. The zero-order valence-corrected chi connectivity index (χ0v) is 13.7. The van der Waals surface area contributed by atoms with E-state index in [1.165, 1.54) is 11.1 Å². The lowest BCUT2D eigenvalue weighted by Crippen LogP contribution is -2.05. The molecule has 0 atom stereocenters. The van der Waals surface area contributed by atoms with Gasteiger partial charge in [0.25, 0.3) is 0 Å². The number of nitrogens with zero attached hydrogens (tertiary/aromatic N) is 3. The minimum atomic E-state index is 0.402. The number of hydrogen-bond acceptors (Lipinski definition) is 4. The number of thiophene rings is 1. The fourth-order valence-corrected chi connectivity index (χ4v) is 3.26. The molecule has 3 aromatic rings. The molecule has 2 N–H and O–H groups in total. The van der Waals surface area contributed by atoms with Crippen LogP contribution in [0.3, 0.4) is 0 Å². The minimum Gasteiger partial charge on any atom is -0.325 e. The van der Waals surface area contributed by atoms with Crippen molar-refractivity contribution >= 4 is 11.3 Å². The lowest BCUT2D eigenvalue weighted by atomic mass is 10.0. The highest BCUT2D eigenvalue weighted by atomic mass is 32.1. The van der Waals surface area contributed by atoms with Crippen LogP contribution >= 0.6 is 11.3 Å². The summed E-state index contributed by atoms with van der Waals surface area (Å²) in [4.78, 5) is 1.16. The summed E-state index contributed by atoms with van der Waals surface area (Å²) in [7, 11) is 0.